The molecule has 0 amide bonds. The molecule has 0 saturated heterocycles. The first-order chi connectivity index (χ1) is 9.63. The third-order valence-corrected chi connectivity index (χ3v) is 2.84. The summed E-state index contributed by atoms with van der Waals surface area (Å²) in [6.45, 7) is 2.34. The van der Waals surface area contributed by atoms with Gasteiger partial charge in [0, 0.05) is 12.5 Å². The monoisotopic (exact) mass is 271 g/mol. The first-order valence-corrected chi connectivity index (χ1v) is 6.14. The van der Waals surface area contributed by atoms with Gasteiger partial charge in [0.05, 0.1) is 23.1 Å². The number of aryl methyl sites for hydroxylation is 1. The lowest BCUT2D eigenvalue weighted by atomic mass is 10.2. The molecule has 20 heavy (non-hydrogen) atoms. The molecule has 0 radical (unpaired) electrons. The van der Waals surface area contributed by atoms with Gasteiger partial charge >= 0.3 is 0 Å². The van der Waals surface area contributed by atoms with Crippen molar-refractivity contribution in [2.45, 2.75) is 19.9 Å². The van der Waals surface area contributed by atoms with E-state index in [0.717, 1.165) is 12.2 Å². The molecule has 2 aromatic rings. The van der Waals surface area contributed by atoms with Gasteiger partial charge in [0.1, 0.15) is 17.2 Å². The number of hydrogen-bond acceptors (Lipinski definition) is 5. The molecule has 0 aliphatic carbocycles. The molecule has 0 atom stereocenters. The van der Waals surface area contributed by atoms with Crippen molar-refractivity contribution in [3.05, 3.63) is 57.5 Å². The normalized spacial score (nSPS) is 10.0. The highest BCUT2D eigenvalue weighted by Crippen LogP contribution is 2.26. The summed E-state index contributed by atoms with van der Waals surface area (Å²) in [5, 5.41) is 22.7. The highest BCUT2D eigenvalue weighted by atomic mass is 16.6. The Kier molecular flexibility index (Phi) is 4.01. The van der Waals surface area contributed by atoms with Gasteiger partial charge in [-0.1, -0.05) is 6.92 Å². The molecule has 0 aliphatic rings. The fourth-order valence-electron chi connectivity index (χ4n) is 1.79. The number of nitro benzene ring substituents is 1. The average molecular weight is 271 g/mol. The Morgan fingerprint density at radius 2 is 2.10 bits per heavy atom. The Hall–Kier alpha value is -2.81. The zero-order valence-electron chi connectivity index (χ0n) is 10.9. The van der Waals surface area contributed by atoms with Crippen molar-refractivity contribution in [1.29, 1.82) is 5.26 Å². The first-order valence-electron chi connectivity index (χ1n) is 6.14. The largest absolute Gasteiger partial charge is 0.464 e. The fraction of sp³-hybridized carbons (Fsp3) is 0.214. The van der Waals surface area contributed by atoms with Crippen molar-refractivity contribution in [2.75, 3.05) is 5.32 Å². The van der Waals surface area contributed by atoms with Gasteiger partial charge in [0.2, 0.25) is 0 Å². The highest BCUT2D eigenvalue weighted by molar-refractivity contribution is 5.64. The van der Waals surface area contributed by atoms with Crippen LogP contribution >= 0.6 is 0 Å². The van der Waals surface area contributed by atoms with Gasteiger partial charge in [-0.2, -0.15) is 5.26 Å². The summed E-state index contributed by atoms with van der Waals surface area (Å²) in [5.74, 6) is 1.58. The number of rotatable bonds is 5. The Morgan fingerprint density at radius 1 is 1.35 bits per heavy atom. The predicted molar refractivity (Wildman–Crippen MR) is 73.2 cm³/mol. The van der Waals surface area contributed by atoms with Gasteiger partial charge in [-0.05, 0) is 24.3 Å². The van der Waals surface area contributed by atoms with Crippen LogP contribution in [0, 0.1) is 21.4 Å². The maximum absolute atomic E-state index is 11.0. The molecule has 0 spiro atoms. The van der Waals surface area contributed by atoms with Crippen molar-refractivity contribution in [3.8, 4) is 6.07 Å². The van der Waals surface area contributed by atoms with Crippen LogP contribution in [-0.2, 0) is 13.0 Å². The molecule has 6 nitrogen and oxygen atoms in total. The molecule has 0 aliphatic heterocycles. The number of hydrogen-bond donors (Lipinski definition) is 1. The third kappa shape index (κ3) is 2.95. The third-order valence-electron chi connectivity index (χ3n) is 2.84. The summed E-state index contributed by atoms with van der Waals surface area (Å²) in [7, 11) is 0. The minimum atomic E-state index is -0.511. The van der Waals surface area contributed by atoms with Crippen LogP contribution in [0.15, 0.2) is 34.7 Å². The van der Waals surface area contributed by atoms with Gasteiger partial charge in [-0.3, -0.25) is 10.1 Å². The Morgan fingerprint density at radius 3 is 2.70 bits per heavy atom. The number of nitro groups is 1. The molecule has 102 valence electrons. The summed E-state index contributed by atoms with van der Waals surface area (Å²) in [6.07, 6.45) is 0.803. The molecule has 1 N–H and O–H groups in total. The second-order valence-corrected chi connectivity index (χ2v) is 4.18. The molecule has 6 heteroatoms. The molecule has 0 unspecified atom stereocenters. The summed E-state index contributed by atoms with van der Waals surface area (Å²) in [5.41, 5.74) is 0.503. The molecule has 0 saturated carbocycles. The topological polar surface area (TPSA) is 92.1 Å². The summed E-state index contributed by atoms with van der Waals surface area (Å²) in [6, 6.07) is 9.91. The first kappa shape index (κ1) is 13.6. The SMILES string of the molecule is CCc1ccc(CNc2ccc(C#N)cc2[N+](=O)[O-])o1. The van der Waals surface area contributed by atoms with Crippen molar-refractivity contribution >= 4 is 11.4 Å². The predicted octanol–water partition coefficient (Wildman–Crippen LogP) is 3.23. The van der Waals surface area contributed by atoms with Crippen LogP contribution in [0.25, 0.3) is 0 Å². The quantitative estimate of drug-likeness (QED) is 0.665. The van der Waals surface area contributed by atoms with Crippen molar-refractivity contribution in [3.63, 3.8) is 0 Å². The van der Waals surface area contributed by atoms with Crippen molar-refractivity contribution < 1.29 is 9.34 Å². The van der Waals surface area contributed by atoms with Crippen LogP contribution < -0.4 is 5.32 Å². The van der Waals surface area contributed by atoms with Crippen LogP contribution in [0.1, 0.15) is 24.0 Å². The fourth-order valence-corrected chi connectivity index (χ4v) is 1.79. The van der Waals surface area contributed by atoms with Crippen molar-refractivity contribution in [2.24, 2.45) is 0 Å². The Bertz CT molecular complexity index is 671. The van der Waals surface area contributed by atoms with Crippen LogP contribution in [0.4, 0.5) is 11.4 Å². The Labute approximate surface area is 115 Å². The molecule has 0 bridgehead atoms. The van der Waals surface area contributed by atoms with E-state index >= 15 is 0 Å². The van der Waals surface area contributed by atoms with Gasteiger partial charge in [-0.15, -0.1) is 0 Å². The summed E-state index contributed by atoms with van der Waals surface area (Å²) >= 11 is 0. The van der Waals surface area contributed by atoms with Gasteiger partial charge in [0.15, 0.2) is 0 Å². The maximum atomic E-state index is 11.0. The van der Waals surface area contributed by atoms with Crippen molar-refractivity contribution in [1.82, 2.24) is 0 Å². The van der Waals surface area contributed by atoms with E-state index < -0.39 is 4.92 Å². The van der Waals surface area contributed by atoms with Gasteiger partial charge in [0.25, 0.3) is 5.69 Å². The molecular formula is C14H13N3O3. The standard InChI is InChI=1S/C14H13N3O3/c1-2-11-4-5-12(20-11)9-16-13-6-3-10(8-15)7-14(13)17(18)19/h3-7,16H,2,9H2,1H3. The smallest absolute Gasteiger partial charge is 0.293 e. The molecule has 2 rings (SSSR count). The van der Waals surface area contributed by atoms with E-state index in [2.05, 4.69) is 5.32 Å². The number of nitriles is 1. The van der Waals surface area contributed by atoms with E-state index in [-0.39, 0.29) is 11.3 Å². The van der Waals surface area contributed by atoms with E-state index in [4.69, 9.17) is 9.68 Å². The molecule has 1 heterocycles. The van der Waals surface area contributed by atoms with Crippen LogP contribution in [-0.4, -0.2) is 4.92 Å². The number of furan rings is 1. The van der Waals surface area contributed by atoms with Crippen LogP contribution in [0.3, 0.4) is 0 Å². The minimum absolute atomic E-state index is 0.119. The number of benzene rings is 1. The van der Waals surface area contributed by atoms with E-state index in [0.29, 0.717) is 18.0 Å². The van der Waals surface area contributed by atoms with E-state index in [9.17, 15) is 10.1 Å². The number of nitrogens with zero attached hydrogens (tertiary/aromatic N) is 2. The average Bonchev–Trinajstić information content (AvgIpc) is 2.92. The lowest BCUT2D eigenvalue weighted by molar-refractivity contribution is -0.384. The summed E-state index contributed by atoms with van der Waals surface area (Å²) < 4.78 is 5.52. The van der Waals surface area contributed by atoms with E-state index in [1.165, 1.54) is 18.2 Å². The van der Waals surface area contributed by atoms with E-state index in [1.54, 1.807) is 0 Å². The van der Waals surface area contributed by atoms with Gasteiger partial charge in [-0.25, -0.2) is 0 Å². The van der Waals surface area contributed by atoms with E-state index in [1.807, 2.05) is 25.1 Å². The number of nitrogens with one attached hydrogen (secondary N) is 1. The minimum Gasteiger partial charge on any atom is -0.464 e. The Balaban J connectivity index is 2.16. The molecule has 0 fully saturated rings. The molecular weight excluding hydrogens is 258 g/mol. The highest BCUT2D eigenvalue weighted by Gasteiger charge is 2.14. The lowest BCUT2D eigenvalue weighted by Gasteiger charge is -2.05. The second-order valence-electron chi connectivity index (χ2n) is 4.18. The zero-order chi connectivity index (χ0) is 14.5. The lowest BCUT2D eigenvalue weighted by Crippen LogP contribution is -2.02. The second kappa shape index (κ2) is 5.89. The zero-order valence-corrected chi connectivity index (χ0v) is 10.9. The molecule has 1 aromatic carbocycles. The molecule has 1 aromatic heterocycles. The summed E-state index contributed by atoms with van der Waals surface area (Å²) in [4.78, 5) is 10.5. The number of anilines is 1. The van der Waals surface area contributed by atoms with Gasteiger partial charge < -0.3 is 9.73 Å². The maximum Gasteiger partial charge on any atom is 0.293 e. The van der Waals surface area contributed by atoms with Crippen LogP contribution in [0.5, 0.6) is 0 Å². The van der Waals surface area contributed by atoms with Crippen LogP contribution in [0.2, 0.25) is 0 Å².